The number of amides is 4. The van der Waals surface area contributed by atoms with Crippen LogP contribution in [0.25, 0.3) is 6.08 Å². The standard InChI is InChI=1S/C34H32N4O7S/c1-43-28-19-30(45-3)29(44-2)18-23(28)17-27(38-33(41)22-7-5-4-6-8-22)34(42)37-25-13-15-26(16-14-25)46-20-31(39)36-24-11-9-21(10-12-24)32(35)40/h4-19H,20H2,1-3H3,(H2,35,40)(H,36,39)(H,37,42)(H,38,41)/b27-17-. The molecule has 4 aromatic rings. The van der Waals surface area contributed by atoms with Gasteiger partial charge in [0.2, 0.25) is 11.8 Å². The maximum absolute atomic E-state index is 13.5. The van der Waals surface area contributed by atoms with Crippen LogP contribution in [0.15, 0.2) is 102 Å². The van der Waals surface area contributed by atoms with Gasteiger partial charge in [-0.1, -0.05) is 18.2 Å². The number of rotatable bonds is 13. The zero-order valence-corrected chi connectivity index (χ0v) is 26.1. The summed E-state index contributed by atoms with van der Waals surface area (Å²) < 4.78 is 16.3. The van der Waals surface area contributed by atoms with Gasteiger partial charge in [-0.3, -0.25) is 19.2 Å². The second kappa shape index (κ2) is 15.8. The summed E-state index contributed by atoms with van der Waals surface area (Å²) in [6.45, 7) is 0. The predicted octanol–water partition coefficient (Wildman–Crippen LogP) is 4.95. The van der Waals surface area contributed by atoms with Crippen molar-refractivity contribution in [2.24, 2.45) is 5.73 Å². The molecule has 11 nitrogen and oxygen atoms in total. The van der Waals surface area contributed by atoms with Gasteiger partial charge in [-0.15, -0.1) is 11.8 Å². The van der Waals surface area contributed by atoms with E-state index in [1.54, 1.807) is 78.9 Å². The molecule has 0 saturated carbocycles. The minimum absolute atomic E-state index is 0.0432. The van der Waals surface area contributed by atoms with Crippen molar-refractivity contribution in [2.75, 3.05) is 37.7 Å². The summed E-state index contributed by atoms with van der Waals surface area (Å²) in [5.41, 5.74) is 7.39. The maximum atomic E-state index is 13.5. The van der Waals surface area contributed by atoms with Crippen LogP contribution in [-0.2, 0) is 9.59 Å². The topological polar surface area (TPSA) is 158 Å². The molecule has 0 fully saturated rings. The molecule has 4 rings (SSSR count). The van der Waals surface area contributed by atoms with E-state index in [0.29, 0.717) is 45.3 Å². The van der Waals surface area contributed by atoms with Gasteiger partial charge in [0, 0.05) is 39.0 Å². The molecule has 4 aromatic carbocycles. The Balaban J connectivity index is 1.47. The molecule has 0 aromatic heterocycles. The number of hydrogen-bond acceptors (Lipinski definition) is 8. The van der Waals surface area contributed by atoms with Gasteiger partial charge in [-0.05, 0) is 72.8 Å². The third-order valence-corrected chi connectivity index (χ3v) is 7.51. The van der Waals surface area contributed by atoms with E-state index in [9.17, 15) is 19.2 Å². The summed E-state index contributed by atoms with van der Waals surface area (Å²) >= 11 is 1.30. The Kier molecular flexibility index (Phi) is 11.4. The first-order valence-corrected chi connectivity index (χ1v) is 14.8. The summed E-state index contributed by atoms with van der Waals surface area (Å²) in [6.07, 6.45) is 1.49. The SMILES string of the molecule is COc1cc(OC)c(OC)cc1/C=C(\NC(=O)c1ccccc1)C(=O)Nc1ccc(SCC(=O)Nc2ccc(C(N)=O)cc2)cc1. The molecule has 0 atom stereocenters. The molecule has 0 heterocycles. The summed E-state index contributed by atoms with van der Waals surface area (Å²) in [5, 5.41) is 8.27. The maximum Gasteiger partial charge on any atom is 0.272 e. The third-order valence-electron chi connectivity index (χ3n) is 6.50. The second-order valence-electron chi connectivity index (χ2n) is 9.58. The summed E-state index contributed by atoms with van der Waals surface area (Å²) in [7, 11) is 4.47. The minimum Gasteiger partial charge on any atom is -0.496 e. The van der Waals surface area contributed by atoms with Gasteiger partial charge in [0.05, 0.1) is 27.1 Å². The normalized spacial score (nSPS) is 10.8. The van der Waals surface area contributed by atoms with Gasteiger partial charge >= 0.3 is 0 Å². The van der Waals surface area contributed by atoms with E-state index in [0.717, 1.165) is 4.90 Å². The Morgan fingerprint density at radius 3 is 1.91 bits per heavy atom. The number of carbonyl (C=O) groups is 4. The van der Waals surface area contributed by atoms with E-state index in [1.165, 1.54) is 51.3 Å². The van der Waals surface area contributed by atoms with E-state index in [1.807, 2.05) is 0 Å². The number of benzene rings is 4. The predicted molar refractivity (Wildman–Crippen MR) is 177 cm³/mol. The fraction of sp³-hybridized carbons (Fsp3) is 0.118. The Morgan fingerprint density at radius 1 is 0.717 bits per heavy atom. The summed E-state index contributed by atoms with van der Waals surface area (Å²) in [6, 6.07) is 25.0. The first-order valence-electron chi connectivity index (χ1n) is 13.8. The quantitative estimate of drug-likeness (QED) is 0.118. The van der Waals surface area contributed by atoms with E-state index in [4.69, 9.17) is 19.9 Å². The van der Waals surface area contributed by atoms with Crippen LogP contribution in [0.1, 0.15) is 26.3 Å². The summed E-state index contributed by atoms with van der Waals surface area (Å²) in [5.74, 6) is -0.464. The number of carbonyl (C=O) groups excluding carboxylic acids is 4. The Bertz CT molecular complexity index is 1740. The van der Waals surface area contributed by atoms with Crippen molar-refractivity contribution < 1.29 is 33.4 Å². The Morgan fingerprint density at radius 2 is 1.30 bits per heavy atom. The monoisotopic (exact) mass is 640 g/mol. The van der Waals surface area contributed by atoms with E-state index < -0.39 is 17.7 Å². The second-order valence-corrected chi connectivity index (χ2v) is 10.6. The van der Waals surface area contributed by atoms with Gasteiger partial charge in [-0.25, -0.2) is 0 Å². The molecule has 0 unspecified atom stereocenters. The van der Waals surface area contributed by atoms with E-state index in [-0.39, 0.29) is 17.4 Å². The number of methoxy groups -OCH3 is 3. The van der Waals surface area contributed by atoms with Crippen molar-refractivity contribution >= 4 is 52.8 Å². The van der Waals surface area contributed by atoms with Gasteiger partial charge in [-0.2, -0.15) is 0 Å². The largest absolute Gasteiger partial charge is 0.496 e. The Hall–Kier alpha value is -5.75. The van der Waals surface area contributed by atoms with Crippen molar-refractivity contribution in [3.8, 4) is 17.2 Å². The molecule has 0 aliphatic heterocycles. The lowest BCUT2D eigenvalue weighted by molar-refractivity contribution is -0.114. The number of ether oxygens (including phenoxy) is 3. The molecule has 0 aliphatic rings. The molecule has 236 valence electrons. The third kappa shape index (κ3) is 8.89. The lowest BCUT2D eigenvalue weighted by Crippen LogP contribution is -2.30. The average molecular weight is 641 g/mol. The number of nitrogens with one attached hydrogen (secondary N) is 3. The fourth-order valence-electron chi connectivity index (χ4n) is 4.16. The molecule has 4 amide bonds. The lowest BCUT2D eigenvalue weighted by Gasteiger charge is -2.15. The first-order chi connectivity index (χ1) is 22.2. The van der Waals surface area contributed by atoms with Gasteiger partial charge in [0.1, 0.15) is 11.4 Å². The van der Waals surface area contributed by atoms with Crippen molar-refractivity contribution in [1.29, 1.82) is 0 Å². The van der Waals surface area contributed by atoms with Crippen molar-refractivity contribution in [3.63, 3.8) is 0 Å². The lowest BCUT2D eigenvalue weighted by atomic mass is 10.1. The molecule has 5 N–H and O–H groups in total. The molecule has 46 heavy (non-hydrogen) atoms. The van der Waals surface area contributed by atoms with Crippen molar-refractivity contribution in [3.05, 3.63) is 113 Å². The van der Waals surface area contributed by atoms with Gasteiger partial charge in [0.15, 0.2) is 11.5 Å². The number of anilines is 2. The van der Waals surface area contributed by atoms with Crippen LogP contribution in [0.3, 0.4) is 0 Å². The number of thioether (sulfide) groups is 1. The summed E-state index contributed by atoms with van der Waals surface area (Å²) in [4.78, 5) is 51.0. The minimum atomic E-state index is -0.580. The molecule has 0 saturated heterocycles. The van der Waals surface area contributed by atoms with Gasteiger partial charge in [0.25, 0.3) is 11.8 Å². The molecule has 0 aliphatic carbocycles. The van der Waals surface area contributed by atoms with Gasteiger partial charge < -0.3 is 35.9 Å². The first kappa shape index (κ1) is 33.1. The van der Waals surface area contributed by atoms with Crippen molar-refractivity contribution in [2.45, 2.75) is 4.90 Å². The zero-order chi connectivity index (χ0) is 33.1. The molecule has 0 bridgehead atoms. The molecule has 0 radical (unpaired) electrons. The van der Waals surface area contributed by atoms with E-state index >= 15 is 0 Å². The smallest absolute Gasteiger partial charge is 0.272 e. The fourth-order valence-corrected chi connectivity index (χ4v) is 4.86. The highest BCUT2D eigenvalue weighted by Gasteiger charge is 2.18. The van der Waals surface area contributed by atoms with Crippen LogP contribution in [0.4, 0.5) is 11.4 Å². The Labute approximate surface area is 270 Å². The number of nitrogens with two attached hydrogens (primary N) is 1. The van der Waals surface area contributed by atoms with Crippen LogP contribution in [0.5, 0.6) is 17.2 Å². The van der Waals surface area contributed by atoms with Crippen LogP contribution in [0, 0.1) is 0 Å². The van der Waals surface area contributed by atoms with Crippen LogP contribution in [0.2, 0.25) is 0 Å². The van der Waals surface area contributed by atoms with Crippen LogP contribution in [-0.4, -0.2) is 50.7 Å². The van der Waals surface area contributed by atoms with Crippen LogP contribution >= 0.6 is 11.8 Å². The number of primary amides is 1. The zero-order valence-electron chi connectivity index (χ0n) is 25.3. The highest BCUT2D eigenvalue weighted by atomic mass is 32.2. The molecular formula is C34H32N4O7S. The number of hydrogen-bond donors (Lipinski definition) is 4. The highest BCUT2D eigenvalue weighted by Crippen LogP contribution is 2.35. The van der Waals surface area contributed by atoms with Crippen LogP contribution < -0.4 is 35.9 Å². The van der Waals surface area contributed by atoms with Crippen molar-refractivity contribution in [1.82, 2.24) is 5.32 Å². The average Bonchev–Trinajstić information content (AvgIpc) is 3.07. The highest BCUT2D eigenvalue weighted by molar-refractivity contribution is 8.00. The van der Waals surface area contributed by atoms with E-state index in [2.05, 4.69) is 16.0 Å². The molecule has 0 spiro atoms. The molecule has 12 heteroatoms. The molecular weight excluding hydrogens is 608 g/mol.